The summed E-state index contributed by atoms with van der Waals surface area (Å²) < 4.78 is 10.2. The predicted octanol–water partition coefficient (Wildman–Crippen LogP) is 3.45. The maximum atomic E-state index is 11.4. The Bertz CT molecular complexity index is 407. The Kier molecular flexibility index (Phi) is 10.0. The van der Waals surface area contributed by atoms with E-state index in [0.717, 1.165) is 24.8 Å². The van der Waals surface area contributed by atoms with E-state index in [4.69, 9.17) is 14.6 Å². The number of carbonyl (C=O) groups is 2. The number of carboxylic acid groups (broad SMARTS) is 1. The molecule has 5 nitrogen and oxygen atoms in total. The zero-order valence-corrected chi connectivity index (χ0v) is 13.4. The minimum atomic E-state index is -0.682. The first kappa shape index (κ1) is 19.2. The number of rotatable bonds is 7. The topological polar surface area (TPSA) is 72.8 Å². The Morgan fingerprint density at radius 1 is 1.24 bits per heavy atom. The molecule has 0 radical (unpaired) electrons. The summed E-state index contributed by atoms with van der Waals surface area (Å²) >= 11 is 0. The molecule has 0 aromatic heterocycles. The van der Waals surface area contributed by atoms with Crippen molar-refractivity contribution in [3.63, 3.8) is 0 Å². The molecule has 0 amide bonds. The summed E-state index contributed by atoms with van der Waals surface area (Å²) in [5.74, 6) is 0.693. The van der Waals surface area contributed by atoms with Crippen molar-refractivity contribution in [3.8, 4) is 0 Å². The molecular formula is C16H26O5. The minimum Gasteiger partial charge on any atom is -0.493 e. The Morgan fingerprint density at radius 2 is 1.90 bits per heavy atom. The Labute approximate surface area is 126 Å². The fourth-order valence-electron chi connectivity index (χ4n) is 1.96. The lowest BCUT2D eigenvalue weighted by Crippen LogP contribution is -2.13. The van der Waals surface area contributed by atoms with Crippen molar-refractivity contribution in [1.82, 2.24) is 0 Å². The lowest BCUT2D eigenvalue weighted by Gasteiger charge is -2.17. The van der Waals surface area contributed by atoms with E-state index in [9.17, 15) is 9.59 Å². The zero-order valence-electron chi connectivity index (χ0n) is 13.4. The summed E-state index contributed by atoms with van der Waals surface area (Å²) in [6.45, 7) is 3.99. The van der Waals surface area contributed by atoms with Crippen molar-refractivity contribution in [3.05, 3.63) is 23.2 Å². The van der Waals surface area contributed by atoms with Gasteiger partial charge in [0, 0.05) is 18.4 Å². The second-order valence-electron chi connectivity index (χ2n) is 4.62. The van der Waals surface area contributed by atoms with Crippen LogP contribution in [-0.4, -0.2) is 31.1 Å². The molecule has 120 valence electrons. The van der Waals surface area contributed by atoms with E-state index in [2.05, 4.69) is 6.92 Å². The van der Waals surface area contributed by atoms with E-state index in [1.807, 2.05) is 6.92 Å². The molecule has 0 aromatic rings. The number of ether oxygens (including phenoxy) is 2. The van der Waals surface area contributed by atoms with Gasteiger partial charge in [-0.05, 0) is 18.9 Å². The van der Waals surface area contributed by atoms with Gasteiger partial charge in [0.2, 0.25) is 0 Å². The van der Waals surface area contributed by atoms with Crippen LogP contribution in [0.4, 0.5) is 0 Å². The summed E-state index contributed by atoms with van der Waals surface area (Å²) in [5, 5.41) is 8.14. The maximum absolute atomic E-state index is 11.4. The van der Waals surface area contributed by atoms with Crippen LogP contribution in [0.2, 0.25) is 0 Å². The van der Waals surface area contributed by atoms with E-state index < -0.39 is 5.97 Å². The fraction of sp³-hybridized carbons (Fsp3) is 0.625. The van der Waals surface area contributed by atoms with Crippen LogP contribution < -0.4 is 0 Å². The third-order valence-corrected chi connectivity index (χ3v) is 3.08. The molecule has 5 heteroatoms. The van der Waals surface area contributed by atoms with Gasteiger partial charge in [0.1, 0.15) is 0 Å². The van der Waals surface area contributed by atoms with Crippen molar-refractivity contribution in [1.29, 1.82) is 0 Å². The second kappa shape index (κ2) is 10.9. The van der Waals surface area contributed by atoms with Crippen LogP contribution in [0.3, 0.4) is 0 Å². The van der Waals surface area contributed by atoms with E-state index in [1.165, 1.54) is 0 Å². The molecule has 1 rings (SSSR count). The number of unbranched alkanes of at least 4 members (excludes halogenated alkanes) is 2. The first-order valence-corrected chi connectivity index (χ1v) is 7.28. The number of carbonyl (C=O) groups excluding carboxylic acids is 1. The number of allylic oxidation sites excluding steroid dienone is 2. The Hall–Kier alpha value is -1.78. The highest BCUT2D eigenvalue weighted by molar-refractivity contribution is 5.98. The van der Waals surface area contributed by atoms with Gasteiger partial charge in [0.15, 0.2) is 17.3 Å². The molecule has 1 aliphatic rings. The minimum absolute atomic E-state index is 0.125. The molecule has 0 unspecified atom stereocenters. The van der Waals surface area contributed by atoms with E-state index >= 15 is 0 Å². The fourth-order valence-corrected chi connectivity index (χ4v) is 1.96. The molecule has 1 N–H and O–H groups in total. The molecule has 0 bridgehead atoms. The summed E-state index contributed by atoms with van der Waals surface area (Å²) in [6, 6.07) is 0. The number of Topliss-reactive ketones (excluding diaryl/α,β-unsaturated/α-hetero) is 1. The first-order chi connectivity index (χ1) is 10.0. The lowest BCUT2D eigenvalue weighted by atomic mass is 9.98. The van der Waals surface area contributed by atoms with E-state index in [-0.39, 0.29) is 5.78 Å². The van der Waals surface area contributed by atoms with Crippen LogP contribution in [0.5, 0.6) is 0 Å². The van der Waals surface area contributed by atoms with Crippen LogP contribution in [-0.2, 0) is 19.1 Å². The lowest BCUT2D eigenvalue weighted by molar-refractivity contribution is -0.137. The third kappa shape index (κ3) is 6.97. The number of methoxy groups -OCH3 is 2. The summed E-state index contributed by atoms with van der Waals surface area (Å²) in [6.07, 6.45) is 6.13. The second-order valence-corrected chi connectivity index (χ2v) is 4.62. The molecule has 0 spiro atoms. The average molecular weight is 298 g/mol. The summed E-state index contributed by atoms with van der Waals surface area (Å²) in [4.78, 5) is 21.3. The number of aliphatic carboxylic acids is 1. The highest BCUT2D eigenvalue weighted by Crippen LogP contribution is 2.25. The van der Waals surface area contributed by atoms with Gasteiger partial charge in [-0.25, -0.2) is 0 Å². The van der Waals surface area contributed by atoms with Crippen LogP contribution in [0.1, 0.15) is 52.4 Å². The van der Waals surface area contributed by atoms with Gasteiger partial charge in [-0.2, -0.15) is 0 Å². The summed E-state index contributed by atoms with van der Waals surface area (Å²) in [5.41, 5.74) is 0.724. The zero-order chi connectivity index (χ0) is 16.3. The molecule has 0 saturated carbocycles. The summed E-state index contributed by atoms with van der Waals surface area (Å²) in [7, 11) is 3.13. The van der Waals surface area contributed by atoms with Crippen molar-refractivity contribution < 1.29 is 24.2 Å². The number of ketones is 1. The van der Waals surface area contributed by atoms with Crippen LogP contribution in [0.15, 0.2) is 23.2 Å². The third-order valence-electron chi connectivity index (χ3n) is 3.08. The molecule has 0 heterocycles. The molecule has 0 atom stereocenters. The van der Waals surface area contributed by atoms with Gasteiger partial charge in [-0.1, -0.05) is 26.7 Å². The average Bonchev–Trinajstić information content (AvgIpc) is 2.47. The van der Waals surface area contributed by atoms with Crippen molar-refractivity contribution in [2.45, 2.75) is 52.4 Å². The largest absolute Gasteiger partial charge is 0.493 e. The van der Waals surface area contributed by atoms with E-state index in [1.54, 1.807) is 20.3 Å². The monoisotopic (exact) mass is 298 g/mol. The Morgan fingerprint density at radius 3 is 2.33 bits per heavy atom. The smallest absolute Gasteiger partial charge is 0.303 e. The van der Waals surface area contributed by atoms with Gasteiger partial charge >= 0.3 is 5.97 Å². The van der Waals surface area contributed by atoms with Crippen LogP contribution in [0, 0.1) is 0 Å². The molecular weight excluding hydrogens is 272 g/mol. The Balaban J connectivity index is 0.000000433. The molecule has 21 heavy (non-hydrogen) atoms. The van der Waals surface area contributed by atoms with Gasteiger partial charge in [-0.3, -0.25) is 9.59 Å². The quantitative estimate of drug-likeness (QED) is 0.729. The first-order valence-electron chi connectivity index (χ1n) is 7.28. The number of hydrogen-bond acceptors (Lipinski definition) is 4. The van der Waals surface area contributed by atoms with E-state index in [0.29, 0.717) is 30.8 Å². The van der Waals surface area contributed by atoms with Gasteiger partial charge < -0.3 is 14.6 Å². The van der Waals surface area contributed by atoms with Crippen LogP contribution >= 0.6 is 0 Å². The van der Waals surface area contributed by atoms with Crippen molar-refractivity contribution in [2.75, 3.05) is 14.2 Å². The van der Waals surface area contributed by atoms with Crippen LogP contribution in [0.25, 0.3) is 0 Å². The molecule has 0 fully saturated rings. The maximum Gasteiger partial charge on any atom is 0.303 e. The predicted molar refractivity (Wildman–Crippen MR) is 80.8 cm³/mol. The number of carboxylic acids is 1. The number of hydrogen-bond donors (Lipinski definition) is 1. The SMILES string of the molecule is CCC1=C(OC)C(OC)=CCC1=O.CCCCCC(=O)O. The normalized spacial score (nSPS) is 14.1. The van der Waals surface area contributed by atoms with Gasteiger partial charge in [0.25, 0.3) is 0 Å². The molecule has 0 saturated heterocycles. The highest BCUT2D eigenvalue weighted by Gasteiger charge is 2.22. The van der Waals surface area contributed by atoms with Crippen molar-refractivity contribution >= 4 is 11.8 Å². The standard InChI is InChI=1S/C10H14O3.C6H12O2/c1-4-7-8(11)5-6-9(12-2)10(7)13-3;1-2-3-4-5-6(7)8/h6H,4-5H2,1-3H3;2-5H2,1H3,(H,7,8). The highest BCUT2D eigenvalue weighted by atomic mass is 16.5. The molecule has 0 aliphatic heterocycles. The molecule has 1 aliphatic carbocycles. The van der Waals surface area contributed by atoms with Crippen molar-refractivity contribution in [2.24, 2.45) is 0 Å². The van der Waals surface area contributed by atoms with Gasteiger partial charge in [0.05, 0.1) is 14.2 Å². The van der Waals surface area contributed by atoms with Gasteiger partial charge in [-0.15, -0.1) is 0 Å². The molecule has 0 aromatic carbocycles.